The number of thiocarbonyl (C=S) groups is 1. The van der Waals surface area contributed by atoms with Crippen molar-refractivity contribution in [1.82, 2.24) is 14.9 Å². The Morgan fingerprint density at radius 3 is 2.48 bits per heavy atom. The maximum atomic E-state index is 5.31. The van der Waals surface area contributed by atoms with Crippen LogP contribution in [0.1, 0.15) is 5.56 Å². The molecule has 0 aliphatic carbocycles. The summed E-state index contributed by atoms with van der Waals surface area (Å²) in [6, 6.07) is 16.2. The predicted octanol–water partition coefficient (Wildman–Crippen LogP) is 4.12. The van der Waals surface area contributed by atoms with Gasteiger partial charge in [-0.1, -0.05) is 28.1 Å². The molecule has 116 valence electrons. The molecule has 0 unspecified atom stereocenters. The highest BCUT2D eigenvalue weighted by Crippen LogP contribution is 2.14. The van der Waals surface area contributed by atoms with E-state index in [0.29, 0.717) is 11.7 Å². The highest BCUT2D eigenvalue weighted by Gasteiger charge is 2.00. The van der Waals surface area contributed by atoms with Gasteiger partial charge in [-0.05, 0) is 54.2 Å². The third kappa shape index (κ3) is 4.40. The standard InChI is InChI=1S/C17H15BrN4S/c18-14-3-5-15(6-4-14)21-17(23)20-11-13-1-7-16(8-2-13)22-10-9-19-12-22/h1-10,12H,11H2,(H2,20,21,23). The average molecular weight is 387 g/mol. The molecule has 3 aromatic rings. The molecule has 0 radical (unpaired) electrons. The molecule has 1 heterocycles. The lowest BCUT2D eigenvalue weighted by molar-refractivity contribution is 0.923. The van der Waals surface area contributed by atoms with E-state index in [-0.39, 0.29) is 0 Å². The van der Waals surface area contributed by atoms with E-state index in [0.717, 1.165) is 21.4 Å². The summed E-state index contributed by atoms with van der Waals surface area (Å²) in [6.07, 6.45) is 5.47. The molecule has 0 saturated carbocycles. The molecule has 0 aliphatic rings. The molecule has 1 aromatic heterocycles. The minimum atomic E-state index is 0.603. The number of hydrogen-bond donors (Lipinski definition) is 2. The van der Waals surface area contributed by atoms with Crippen LogP contribution in [0.2, 0.25) is 0 Å². The Bertz CT molecular complexity index is 767. The second-order valence-corrected chi connectivity index (χ2v) is 6.27. The van der Waals surface area contributed by atoms with Crippen molar-refractivity contribution in [2.45, 2.75) is 6.54 Å². The van der Waals surface area contributed by atoms with Crippen molar-refractivity contribution in [3.63, 3.8) is 0 Å². The molecular formula is C17H15BrN4S. The SMILES string of the molecule is S=C(NCc1ccc(-n2ccnc2)cc1)Nc1ccc(Br)cc1. The summed E-state index contributed by atoms with van der Waals surface area (Å²) >= 11 is 8.72. The number of nitrogens with one attached hydrogen (secondary N) is 2. The predicted molar refractivity (Wildman–Crippen MR) is 101 cm³/mol. The Balaban J connectivity index is 1.53. The second-order valence-electron chi connectivity index (χ2n) is 4.95. The molecule has 2 aromatic carbocycles. The molecule has 23 heavy (non-hydrogen) atoms. The van der Waals surface area contributed by atoms with Gasteiger partial charge in [0.25, 0.3) is 0 Å². The molecule has 6 heteroatoms. The zero-order valence-electron chi connectivity index (χ0n) is 12.2. The number of rotatable bonds is 4. The minimum Gasteiger partial charge on any atom is -0.358 e. The molecule has 2 N–H and O–H groups in total. The zero-order chi connectivity index (χ0) is 16.1. The van der Waals surface area contributed by atoms with Crippen LogP contribution in [0.4, 0.5) is 5.69 Å². The van der Waals surface area contributed by atoms with Gasteiger partial charge in [-0.25, -0.2) is 4.98 Å². The number of nitrogens with zero attached hydrogens (tertiary/aromatic N) is 2. The van der Waals surface area contributed by atoms with Crippen LogP contribution in [-0.2, 0) is 6.54 Å². The maximum Gasteiger partial charge on any atom is 0.171 e. The van der Waals surface area contributed by atoms with Gasteiger partial charge in [0.2, 0.25) is 0 Å². The van der Waals surface area contributed by atoms with E-state index in [9.17, 15) is 0 Å². The van der Waals surface area contributed by atoms with E-state index >= 15 is 0 Å². The van der Waals surface area contributed by atoms with Crippen LogP contribution in [0.3, 0.4) is 0 Å². The third-order valence-corrected chi connectivity index (χ3v) is 4.07. The Morgan fingerprint density at radius 2 is 1.83 bits per heavy atom. The number of benzene rings is 2. The average Bonchev–Trinajstić information content (AvgIpc) is 3.10. The zero-order valence-corrected chi connectivity index (χ0v) is 14.6. The van der Waals surface area contributed by atoms with Crippen molar-refractivity contribution in [3.05, 3.63) is 77.3 Å². The van der Waals surface area contributed by atoms with Gasteiger partial charge in [0, 0.05) is 34.8 Å². The van der Waals surface area contributed by atoms with Crippen molar-refractivity contribution >= 4 is 38.9 Å². The number of halogens is 1. The van der Waals surface area contributed by atoms with Crippen LogP contribution in [-0.4, -0.2) is 14.7 Å². The molecule has 0 atom stereocenters. The fourth-order valence-electron chi connectivity index (χ4n) is 2.09. The molecule has 0 saturated heterocycles. The van der Waals surface area contributed by atoms with Crippen LogP contribution in [0.25, 0.3) is 5.69 Å². The van der Waals surface area contributed by atoms with Gasteiger partial charge in [0.15, 0.2) is 5.11 Å². The molecule has 4 nitrogen and oxygen atoms in total. The summed E-state index contributed by atoms with van der Waals surface area (Å²) in [5.74, 6) is 0. The quantitative estimate of drug-likeness (QED) is 0.661. The summed E-state index contributed by atoms with van der Waals surface area (Å²) in [5.41, 5.74) is 3.21. The Labute approximate surface area is 148 Å². The van der Waals surface area contributed by atoms with Gasteiger partial charge in [0.05, 0.1) is 6.33 Å². The lowest BCUT2D eigenvalue weighted by Crippen LogP contribution is -2.27. The van der Waals surface area contributed by atoms with Gasteiger partial charge < -0.3 is 15.2 Å². The first-order chi connectivity index (χ1) is 11.2. The van der Waals surface area contributed by atoms with Crippen molar-refractivity contribution in [1.29, 1.82) is 0 Å². The number of imidazole rings is 1. The molecular weight excluding hydrogens is 372 g/mol. The van der Waals surface area contributed by atoms with Gasteiger partial charge in [-0.3, -0.25) is 0 Å². The molecule has 0 aliphatic heterocycles. The highest BCUT2D eigenvalue weighted by atomic mass is 79.9. The van der Waals surface area contributed by atoms with Gasteiger partial charge in [-0.2, -0.15) is 0 Å². The van der Waals surface area contributed by atoms with Gasteiger partial charge in [0.1, 0.15) is 0 Å². The first-order valence-corrected chi connectivity index (χ1v) is 8.28. The molecule has 0 spiro atoms. The normalized spacial score (nSPS) is 10.3. The van der Waals surface area contributed by atoms with Crippen molar-refractivity contribution in [2.75, 3.05) is 5.32 Å². The summed E-state index contributed by atoms with van der Waals surface area (Å²) in [6.45, 7) is 0.673. The smallest absolute Gasteiger partial charge is 0.171 e. The Hall–Kier alpha value is -2.18. The first kappa shape index (κ1) is 15.7. The topological polar surface area (TPSA) is 41.9 Å². The molecule has 0 fully saturated rings. The minimum absolute atomic E-state index is 0.603. The lowest BCUT2D eigenvalue weighted by atomic mass is 10.2. The Morgan fingerprint density at radius 1 is 1.09 bits per heavy atom. The lowest BCUT2D eigenvalue weighted by Gasteiger charge is -2.11. The number of anilines is 1. The number of hydrogen-bond acceptors (Lipinski definition) is 2. The highest BCUT2D eigenvalue weighted by molar-refractivity contribution is 9.10. The Kier molecular flexibility index (Phi) is 5.05. The van der Waals surface area contributed by atoms with Crippen molar-refractivity contribution in [2.24, 2.45) is 0 Å². The van der Waals surface area contributed by atoms with E-state index < -0.39 is 0 Å². The van der Waals surface area contributed by atoms with Crippen molar-refractivity contribution < 1.29 is 0 Å². The number of aromatic nitrogens is 2. The van der Waals surface area contributed by atoms with Gasteiger partial charge in [-0.15, -0.1) is 0 Å². The van der Waals surface area contributed by atoms with Gasteiger partial charge >= 0.3 is 0 Å². The van der Waals surface area contributed by atoms with Crippen LogP contribution in [0, 0.1) is 0 Å². The van der Waals surface area contributed by atoms with E-state index in [1.165, 1.54) is 0 Å². The summed E-state index contributed by atoms with van der Waals surface area (Å²) in [7, 11) is 0. The fourth-order valence-corrected chi connectivity index (χ4v) is 2.54. The fraction of sp³-hybridized carbons (Fsp3) is 0.0588. The molecule has 0 bridgehead atoms. The van der Waals surface area contributed by atoms with E-state index in [2.05, 4.69) is 55.8 Å². The maximum absolute atomic E-state index is 5.31. The van der Waals surface area contributed by atoms with Crippen LogP contribution < -0.4 is 10.6 Å². The summed E-state index contributed by atoms with van der Waals surface area (Å²) < 4.78 is 3.01. The third-order valence-electron chi connectivity index (χ3n) is 3.29. The first-order valence-electron chi connectivity index (χ1n) is 7.08. The largest absolute Gasteiger partial charge is 0.358 e. The van der Waals surface area contributed by atoms with E-state index in [1.54, 1.807) is 12.5 Å². The van der Waals surface area contributed by atoms with E-state index in [4.69, 9.17) is 12.2 Å². The second kappa shape index (κ2) is 7.39. The molecule has 0 amide bonds. The van der Waals surface area contributed by atoms with Crippen molar-refractivity contribution in [3.8, 4) is 5.69 Å². The van der Waals surface area contributed by atoms with Crippen LogP contribution in [0.5, 0.6) is 0 Å². The summed E-state index contributed by atoms with van der Waals surface area (Å²) in [4.78, 5) is 4.05. The monoisotopic (exact) mass is 386 g/mol. The van der Waals surface area contributed by atoms with Crippen LogP contribution in [0.15, 0.2) is 71.7 Å². The summed E-state index contributed by atoms with van der Waals surface area (Å²) in [5, 5.41) is 6.97. The van der Waals surface area contributed by atoms with E-state index in [1.807, 2.05) is 35.0 Å². The molecule has 3 rings (SSSR count). The van der Waals surface area contributed by atoms with Crippen LogP contribution >= 0.6 is 28.1 Å².